The normalized spacial score (nSPS) is 14.9. The summed E-state index contributed by atoms with van der Waals surface area (Å²) >= 11 is 0. The van der Waals surface area contributed by atoms with Crippen molar-refractivity contribution in [3.63, 3.8) is 0 Å². The molecule has 148 valence electrons. The van der Waals surface area contributed by atoms with E-state index in [-0.39, 0.29) is 5.69 Å². The number of nitrogens with zero attached hydrogens (tertiary/aromatic N) is 1. The molecule has 0 aliphatic rings. The van der Waals surface area contributed by atoms with Crippen molar-refractivity contribution in [3.05, 3.63) is 64.7 Å². The largest absolute Gasteiger partial charge is 0.417 e. The lowest BCUT2D eigenvalue weighted by Gasteiger charge is -2.38. The third-order valence-corrected chi connectivity index (χ3v) is 4.89. The van der Waals surface area contributed by atoms with Gasteiger partial charge in [-0.05, 0) is 66.1 Å². The summed E-state index contributed by atoms with van der Waals surface area (Å²) in [5.74, 6) is -0.508. The van der Waals surface area contributed by atoms with E-state index < -0.39 is 35.9 Å². The van der Waals surface area contributed by atoms with Gasteiger partial charge in [0.2, 0.25) is 0 Å². The zero-order valence-electron chi connectivity index (χ0n) is 16.0. The number of aliphatic hydroxyl groups is 1. The molecule has 1 atom stereocenters. The standard InChI is InChI=1S/C21H25F4NO/c1-5-15-6-7-16(22)11-18(15)19(3,4)13-20(27,21(23,24)25)12-17-10-14(2)8-9-26-17/h6-11,27H,5,12-13H2,1-4H3. The van der Waals surface area contributed by atoms with Gasteiger partial charge in [-0.15, -0.1) is 0 Å². The van der Waals surface area contributed by atoms with Gasteiger partial charge in [0.15, 0.2) is 5.60 Å². The average molecular weight is 383 g/mol. The van der Waals surface area contributed by atoms with Crippen LogP contribution in [0.2, 0.25) is 0 Å². The van der Waals surface area contributed by atoms with E-state index in [9.17, 15) is 22.7 Å². The Labute approximate surface area is 157 Å². The zero-order chi connectivity index (χ0) is 20.5. The summed E-state index contributed by atoms with van der Waals surface area (Å²) in [4.78, 5) is 3.97. The van der Waals surface area contributed by atoms with E-state index in [1.54, 1.807) is 32.9 Å². The van der Waals surface area contributed by atoms with Crippen LogP contribution in [-0.2, 0) is 18.3 Å². The Morgan fingerprint density at radius 1 is 1.07 bits per heavy atom. The van der Waals surface area contributed by atoms with Crippen LogP contribution >= 0.6 is 0 Å². The number of rotatable bonds is 6. The Hall–Kier alpha value is -1.95. The summed E-state index contributed by atoms with van der Waals surface area (Å²) in [6.07, 6.45) is -4.12. The quantitative estimate of drug-likeness (QED) is 0.687. The molecule has 1 heterocycles. The van der Waals surface area contributed by atoms with Crippen LogP contribution in [0.3, 0.4) is 0 Å². The highest BCUT2D eigenvalue weighted by molar-refractivity contribution is 5.35. The number of aromatic nitrogens is 1. The summed E-state index contributed by atoms with van der Waals surface area (Å²) in [6.45, 7) is 6.81. The zero-order valence-corrected chi connectivity index (χ0v) is 16.0. The molecule has 0 saturated carbocycles. The van der Waals surface area contributed by atoms with Crippen molar-refractivity contribution in [2.75, 3.05) is 0 Å². The van der Waals surface area contributed by atoms with Crippen molar-refractivity contribution >= 4 is 0 Å². The Kier molecular flexibility index (Phi) is 6.00. The predicted octanol–water partition coefficient (Wildman–Crippen LogP) is 5.30. The number of hydrogen-bond donors (Lipinski definition) is 1. The van der Waals surface area contributed by atoms with Gasteiger partial charge in [-0.3, -0.25) is 4.98 Å². The van der Waals surface area contributed by atoms with Crippen LogP contribution in [0.25, 0.3) is 0 Å². The van der Waals surface area contributed by atoms with Gasteiger partial charge in [0.05, 0.1) is 0 Å². The van der Waals surface area contributed by atoms with Crippen molar-refractivity contribution in [1.29, 1.82) is 0 Å². The molecule has 2 aromatic rings. The van der Waals surface area contributed by atoms with E-state index in [1.807, 2.05) is 6.92 Å². The molecule has 2 rings (SSSR count). The third-order valence-electron chi connectivity index (χ3n) is 4.89. The maximum absolute atomic E-state index is 13.8. The maximum Gasteiger partial charge on any atom is 0.417 e. The van der Waals surface area contributed by atoms with E-state index in [2.05, 4.69) is 4.98 Å². The maximum atomic E-state index is 13.8. The smallest absolute Gasteiger partial charge is 0.380 e. The van der Waals surface area contributed by atoms with E-state index in [1.165, 1.54) is 24.4 Å². The van der Waals surface area contributed by atoms with Gasteiger partial charge >= 0.3 is 6.18 Å². The fourth-order valence-electron chi connectivity index (χ4n) is 3.57. The Morgan fingerprint density at radius 2 is 1.74 bits per heavy atom. The lowest BCUT2D eigenvalue weighted by atomic mass is 9.72. The van der Waals surface area contributed by atoms with Gasteiger partial charge in [-0.2, -0.15) is 13.2 Å². The van der Waals surface area contributed by atoms with E-state index >= 15 is 0 Å². The minimum absolute atomic E-state index is 0.167. The number of benzene rings is 1. The van der Waals surface area contributed by atoms with Crippen molar-refractivity contribution in [2.45, 2.75) is 64.1 Å². The molecule has 6 heteroatoms. The van der Waals surface area contributed by atoms with Gasteiger partial charge in [-0.25, -0.2) is 4.39 Å². The average Bonchev–Trinajstić information content (AvgIpc) is 2.53. The van der Waals surface area contributed by atoms with Gasteiger partial charge in [0.25, 0.3) is 0 Å². The number of alkyl halides is 3. The van der Waals surface area contributed by atoms with Crippen LogP contribution in [0.15, 0.2) is 36.5 Å². The topological polar surface area (TPSA) is 33.1 Å². The SMILES string of the molecule is CCc1ccc(F)cc1C(C)(C)CC(O)(Cc1cc(C)ccn1)C(F)(F)F. The molecule has 0 aliphatic heterocycles. The Balaban J connectivity index is 2.45. The van der Waals surface area contributed by atoms with Crippen molar-refractivity contribution in [3.8, 4) is 0 Å². The van der Waals surface area contributed by atoms with Gasteiger partial charge in [0, 0.05) is 18.3 Å². The number of aryl methyl sites for hydroxylation is 2. The van der Waals surface area contributed by atoms with Gasteiger partial charge in [0.1, 0.15) is 5.82 Å². The van der Waals surface area contributed by atoms with E-state index in [0.717, 1.165) is 11.1 Å². The molecular weight excluding hydrogens is 358 g/mol. The van der Waals surface area contributed by atoms with E-state index in [0.29, 0.717) is 12.0 Å². The molecule has 27 heavy (non-hydrogen) atoms. The minimum Gasteiger partial charge on any atom is -0.380 e. The molecule has 0 spiro atoms. The number of pyridine rings is 1. The van der Waals surface area contributed by atoms with Crippen LogP contribution in [0.1, 0.15) is 49.6 Å². The molecule has 0 radical (unpaired) electrons. The van der Waals surface area contributed by atoms with Crippen LogP contribution in [-0.4, -0.2) is 21.9 Å². The van der Waals surface area contributed by atoms with E-state index in [4.69, 9.17) is 0 Å². The summed E-state index contributed by atoms with van der Waals surface area (Å²) in [5.41, 5.74) is -1.90. The first-order chi connectivity index (χ1) is 12.4. The number of hydrogen-bond acceptors (Lipinski definition) is 2. The highest BCUT2D eigenvalue weighted by Crippen LogP contribution is 2.43. The molecule has 0 aliphatic carbocycles. The first-order valence-corrected chi connectivity index (χ1v) is 8.87. The first-order valence-electron chi connectivity index (χ1n) is 8.87. The molecule has 1 N–H and O–H groups in total. The Bertz CT molecular complexity index is 801. The van der Waals surface area contributed by atoms with Crippen molar-refractivity contribution < 1.29 is 22.7 Å². The van der Waals surface area contributed by atoms with Gasteiger partial charge in [-0.1, -0.05) is 26.8 Å². The number of halogens is 4. The lowest BCUT2D eigenvalue weighted by molar-refractivity contribution is -0.266. The van der Waals surface area contributed by atoms with Crippen LogP contribution in [0.5, 0.6) is 0 Å². The summed E-state index contributed by atoms with van der Waals surface area (Å²) in [5, 5.41) is 10.7. The molecule has 1 unspecified atom stereocenters. The monoisotopic (exact) mass is 383 g/mol. The lowest BCUT2D eigenvalue weighted by Crippen LogP contribution is -2.51. The molecule has 0 bridgehead atoms. The van der Waals surface area contributed by atoms with Crippen molar-refractivity contribution in [2.24, 2.45) is 0 Å². The fourth-order valence-corrected chi connectivity index (χ4v) is 3.57. The second-order valence-electron chi connectivity index (χ2n) is 7.75. The molecule has 1 aromatic heterocycles. The molecular formula is C21H25F4NO. The van der Waals surface area contributed by atoms with Crippen molar-refractivity contribution in [1.82, 2.24) is 4.98 Å². The van der Waals surface area contributed by atoms with Crippen LogP contribution in [0, 0.1) is 12.7 Å². The highest BCUT2D eigenvalue weighted by Gasteiger charge is 2.56. The summed E-state index contributed by atoms with van der Waals surface area (Å²) < 4.78 is 55.3. The summed E-state index contributed by atoms with van der Waals surface area (Å²) in [6, 6.07) is 7.36. The predicted molar refractivity (Wildman–Crippen MR) is 97.1 cm³/mol. The Morgan fingerprint density at radius 3 is 2.30 bits per heavy atom. The molecule has 0 saturated heterocycles. The van der Waals surface area contributed by atoms with Crippen LogP contribution < -0.4 is 0 Å². The molecule has 0 amide bonds. The molecule has 2 nitrogen and oxygen atoms in total. The molecule has 1 aromatic carbocycles. The van der Waals surface area contributed by atoms with Crippen LogP contribution in [0.4, 0.5) is 17.6 Å². The fraction of sp³-hybridized carbons (Fsp3) is 0.476. The minimum atomic E-state index is -4.85. The summed E-state index contributed by atoms with van der Waals surface area (Å²) in [7, 11) is 0. The second-order valence-corrected chi connectivity index (χ2v) is 7.75. The second kappa shape index (κ2) is 7.58. The first kappa shape index (κ1) is 21.4. The highest BCUT2D eigenvalue weighted by atomic mass is 19.4. The third kappa shape index (κ3) is 4.86. The van der Waals surface area contributed by atoms with Gasteiger partial charge < -0.3 is 5.11 Å². The molecule has 0 fully saturated rings.